The Labute approximate surface area is 169 Å². The number of methoxy groups -OCH3 is 1. The second-order valence-corrected chi connectivity index (χ2v) is 6.04. The summed E-state index contributed by atoms with van der Waals surface area (Å²) in [5.74, 6) is -0.192. The van der Waals surface area contributed by atoms with Crippen molar-refractivity contribution in [3.63, 3.8) is 0 Å². The molecule has 148 valence electrons. The van der Waals surface area contributed by atoms with Gasteiger partial charge in [0.2, 0.25) is 0 Å². The van der Waals surface area contributed by atoms with Gasteiger partial charge in [-0.15, -0.1) is 0 Å². The van der Waals surface area contributed by atoms with E-state index in [9.17, 15) is 9.59 Å². The predicted octanol–water partition coefficient (Wildman–Crippen LogP) is 2.59. The molecule has 0 atom stereocenters. The van der Waals surface area contributed by atoms with Crippen molar-refractivity contribution in [1.29, 1.82) is 0 Å². The zero-order valence-electron chi connectivity index (χ0n) is 15.8. The van der Waals surface area contributed by atoms with E-state index in [0.717, 1.165) is 0 Å². The van der Waals surface area contributed by atoms with Gasteiger partial charge in [0.1, 0.15) is 5.75 Å². The number of rotatable bonds is 8. The lowest BCUT2D eigenvalue weighted by Gasteiger charge is -2.14. The zero-order chi connectivity index (χ0) is 20.4. The van der Waals surface area contributed by atoms with Crippen LogP contribution in [0.25, 0.3) is 0 Å². The first-order chi connectivity index (χ1) is 13.6. The number of carbonyl (C=O) groups excluding carboxylic acids is 2. The summed E-state index contributed by atoms with van der Waals surface area (Å²) in [5.41, 5.74) is 1.27. The van der Waals surface area contributed by atoms with Crippen LogP contribution >= 0.6 is 12.2 Å². The zero-order valence-corrected chi connectivity index (χ0v) is 16.6. The van der Waals surface area contributed by atoms with Crippen LogP contribution < -0.4 is 20.7 Å². The second kappa shape index (κ2) is 11.0. The Bertz CT molecular complexity index is 842. The van der Waals surface area contributed by atoms with Gasteiger partial charge < -0.3 is 20.1 Å². The van der Waals surface area contributed by atoms with Crippen LogP contribution in [-0.4, -0.2) is 43.8 Å². The second-order valence-electron chi connectivity index (χ2n) is 5.63. The number of carbonyl (C=O) groups is 2. The number of hydrogen-bond donors (Lipinski definition) is 3. The van der Waals surface area contributed by atoms with Gasteiger partial charge >= 0.3 is 0 Å². The topological polar surface area (TPSA) is 88.7 Å². The van der Waals surface area contributed by atoms with E-state index in [2.05, 4.69) is 16.0 Å². The normalized spacial score (nSPS) is 10.1. The summed E-state index contributed by atoms with van der Waals surface area (Å²) < 4.78 is 10.4. The Morgan fingerprint density at radius 3 is 2.39 bits per heavy atom. The molecule has 2 aromatic rings. The Hall–Kier alpha value is -2.97. The maximum absolute atomic E-state index is 12.5. The van der Waals surface area contributed by atoms with Gasteiger partial charge in [-0.3, -0.25) is 14.9 Å². The van der Waals surface area contributed by atoms with Gasteiger partial charge in [0.15, 0.2) is 5.11 Å². The molecule has 0 spiro atoms. The van der Waals surface area contributed by atoms with Crippen LogP contribution in [0.3, 0.4) is 0 Å². The Morgan fingerprint density at radius 1 is 1.00 bits per heavy atom. The average molecular weight is 401 g/mol. The highest BCUT2D eigenvalue weighted by Crippen LogP contribution is 2.18. The lowest BCUT2D eigenvalue weighted by atomic mass is 10.1. The van der Waals surface area contributed by atoms with E-state index in [1.165, 1.54) is 0 Å². The highest BCUT2D eigenvalue weighted by atomic mass is 32.1. The quantitative estimate of drug-likeness (QED) is 0.465. The van der Waals surface area contributed by atoms with Gasteiger partial charge in [0, 0.05) is 13.7 Å². The number of benzene rings is 2. The number of hydrogen-bond acceptors (Lipinski definition) is 5. The minimum absolute atomic E-state index is 0.0773. The largest absolute Gasteiger partial charge is 0.493 e. The molecule has 8 heteroatoms. The van der Waals surface area contributed by atoms with E-state index < -0.39 is 5.91 Å². The number of thiocarbonyl (C=S) groups is 1. The van der Waals surface area contributed by atoms with E-state index in [-0.39, 0.29) is 11.0 Å². The third kappa shape index (κ3) is 6.04. The molecule has 0 aromatic heterocycles. The third-order valence-electron chi connectivity index (χ3n) is 3.67. The minimum atomic E-state index is -0.399. The summed E-state index contributed by atoms with van der Waals surface area (Å²) in [6.45, 7) is 3.09. The molecule has 0 aliphatic rings. The molecular weight excluding hydrogens is 378 g/mol. The van der Waals surface area contributed by atoms with Gasteiger partial charge in [0.25, 0.3) is 11.8 Å². The number of amides is 2. The molecule has 0 unspecified atom stereocenters. The van der Waals surface area contributed by atoms with Crippen molar-refractivity contribution < 1.29 is 19.1 Å². The first kappa shape index (κ1) is 21.3. The summed E-state index contributed by atoms with van der Waals surface area (Å²) in [4.78, 5) is 24.9. The van der Waals surface area contributed by atoms with E-state index in [1.54, 1.807) is 55.6 Å². The van der Waals surface area contributed by atoms with Crippen LogP contribution in [-0.2, 0) is 4.74 Å². The Balaban J connectivity index is 2.05. The third-order valence-corrected chi connectivity index (χ3v) is 3.87. The molecular formula is C20H23N3O4S. The van der Waals surface area contributed by atoms with E-state index in [1.807, 2.05) is 6.92 Å². The molecule has 0 saturated heterocycles. The molecule has 0 radical (unpaired) electrons. The van der Waals surface area contributed by atoms with Gasteiger partial charge in [-0.25, -0.2) is 0 Å². The number of para-hydroxylation sites is 2. The summed E-state index contributed by atoms with van der Waals surface area (Å²) in [6, 6.07) is 13.8. The lowest BCUT2D eigenvalue weighted by molar-refractivity contribution is 0.0936. The molecule has 0 aliphatic carbocycles. The van der Waals surface area contributed by atoms with Crippen molar-refractivity contribution >= 4 is 34.8 Å². The summed E-state index contributed by atoms with van der Waals surface area (Å²) in [6.07, 6.45) is 0. The monoisotopic (exact) mass is 401 g/mol. The van der Waals surface area contributed by atoms with Crippen molar-refractivity contribution in [2.45, 2.75) is 6.92 Å². The van der Waals surface area contributed by atoms with Crippen LogP contribution in [0, 0.1) is 0 Å². The smallest absolute Gasteiger partial charge is 0.261 e. The summed E-state index contributed by atoms with van der Waals surface area (Å²) >= 11 is 5.24. The van der Waals surface area contributed by atoms with Crippen molar-refractivity contribution in [2.24, 2.45) is 0 Å². The number of ether oxygens (including phenoxy) is 2. The average Bonchev–Trinajstić information content (AvgIpc) is 2.69. The Morgan fingerprint density at radius 2 is 1.68 bits per heavy atom. The lowest BCUT2D eigenvalue weighted by Crippen LogP contribution is -2.35. The van der Waals surface area contributed by atoms with Crippen molar-refractivity contribution in [1.82, 2.24) is 10.6 Å². The van der Waals surface area contributed by atoms with Crippen LogP contribution in [0.5, 0.6) is 5.75 Å². The first-order valence-electron chi connectivity index (χ1n) is 8.77. The summed E-state index contributed by atoms with van der Waals surface area (Å²) in [7, 11) is 1.56. The highest BCUT2D eigenvalue weighted by Gasteiger charge is 2.15. The van der Waals surface area contributed by atoms with Crippen LogP contribution in [0.1, 0.15) is 27.6 Å². The van der Waals surface area contributed by atoms with E-state index >= 15 is 0 Å². The fourth-order valence-corrected chi connectivity index (χ4v) is 2.61. The fourth-order valence-electron chi connectivity index (χ4n) is 2.41. The molecule has 2 aromatic carbocycles. The number of nitrogens with one attached hydrogen (secondary N) is 3. The summed E-state index contributed by atoms with van der Waals surface area (Å²) in [5, 5.41) is 8.34. The molecule has 3 N–H and O–H groups in total. The molecule has 7 nitrogen and oxygen atoms in total. The molecule has 0 aliphatic heterocycles. The van der Waals surface area contributed by atoms with Crippen molar-refractivity contribution in [3.8, 4) is 5.75 Å². The van der Waals surface area contributed by atoms with Gasteiger partial charge in [-0.05, 0) is 43.4 Å². The minimum Gasteiger partial charge on any atom is -0.493 e. The molecule has 2 amide bonds. The SMILES string of the molecule is CCOc1ccccc1C(=O)NC(=S)Nc1ccccc1C(=O)NCCOC. The predicted molar refractivity (Wildman–Crippen MR) is 112 cm³/mol. The van der Waals surface area contributed by atoms with Crippen LogP contribution in [0.2, 0.25) is 0 Å². The van der Waals surface area contributed by atoms with Crippen molar-refractivity contribution in [3.05, 3.63) is 59.7 Å². The van der Waals surface area contributed by atoms with Gasteiger partial charge in [0.05, 0.1) is 30.0 Å². The molecule has 0 fully saturated rings. The van der Waals surface area contributed by atoms with Crippen LogP contribution in [0.4, 0.5) is 5.69 Å². The molecule has 0 heterocycles. The van der Waals surface area contributed by atoms with E-state index in [0.29, 0.717) is 42.3 Å². The van der Waals surface area contributed by atoms with E-state index in [4.69, 9.17) is 21.7 Å². The van der Waals surface area contributed by atoms with Crippen LogP contribution in [0.15, 0.2) is 48.5 Å². The first-order valence-corrected chi connectivity index (χ1v) is 9.18. The van der Waals surface area contributed by atoms with Crippen molar-refractivity contribution in [2.75, 3.05) is 32.2 Å². The highest BCUT2D eigenvalue weighted by molar-refractivity contribution is 7.80. The molecule has 0 saturated carbocycles. The molecule has 0 bridgehead atoms. The standard InChI is InChI=1S/C20H23N3O4S/c1-3-27-17-11-7-5-9-15(17)19(25)23-20(28)22-16-10-6-4-8-14(16)18(24)21-12-13-26-2/h4-11H,3,12-13H2,1-2H3,(H,21,24)(H2,22,23,25,28). The fraction of sp³-hybridized carbons (Fsp3) is 0.250. The number of anilines is 1. The maximum Gasteiger partial charge on any atom is 0.261 e. The molecule has 28 heavy (non-hydrogen) atoms. The molecule has 2 rings (SSSR count). The van der Waals surface area contributed by atoms with Gasteiger partial charge in [-0.2, -0.15) is 0 Å². The Kier molecular flexibility index (Phi) is 8.38. The van der Waals surface area contributed by atoms with Gasteiger partial charge in [-0.1, -0.05) is 24.3 Å². The maximum atomic E-state index is 12.5.